The molecule has 1 aliphatic rings. The van der Waals surface area contributed by atoms with Crippen LogP contribution in [0.2, 0.25) is 0 Å². The predicted octanol–water partition coefficient (Wildman–Crippen LogP) is -0.564. The molecule has 1 rings (SSSR count). The summed E-state index contributed by atoms with van der Waals surface area (Å²) >= 11 is 1.54. The lowest BCUT2D eigenvalue weighted by Gasteiger charge is -2.18. The van der Waals surface area contributed by atoms with Gasteiger partial charge in [0.15, 0.2) is 0 Å². The average molecular weight is 275 g/mol. The monoisotopic (exact) mass is 275 g/mol. The van der Waals surface area contributed by atoms with Crippen molar-refractivity contribution in [3.8, 4) is 0 Å². The Bertz CT molecular complexity index is 283. The van der Waals surface area contributed by atoms with Crippen LogP contribution < -0.4 is 16.4 Å². The van der Waals surface area contributed by atoms with Crippen LogP contribution in [0.4, 0.5) is 0 Å². The number of methoxy groups -OCH3 is 1. The second-order valence-electron chi connectivity index (χ2n) is 4.07. The quantitative estimate of drug-likeness (QED) is 0.426. The van der Waals surface area contributed by atoms with Crippen molar-refractivity contribution >= 4 is 23.6 Å². The van der Waals surface area contributed by atoms with Crippen molar-refractivity contribution in [2.45, 2.75) is 30.7 Å². The van der Waals surface area contributed by atoms with Crippen molar-refractivity contribution in [2.24, 2.45) is 5.73 Å². The van der Waals surface area contributed by atoms with Gasteiger partial charge in [0.2, 0.25) is 5.91 Å². The zero-order valence-electron chi connectivity index (χ0n) is 10.6. The second-order valence-corrected chi connectivity index (χ2v) is 5.29. The molecule has 0 spiro atoms. The van der Waals surface area contributed by atoms with Gasteiger partial charge in [-0.1, -0.05) is 0 Å². The van der Waals surface area contributed by atoms with Crippen molar-refractivity contribution < 1.29 is 14.3 Å². The van der Waals surface area contributed by atoms with E-state index in [4.69, 9.17) is 10.5 Å². The van der Waals surface area contributed by atoms with Gasteiger partial charge in [-0.3, -0.25) is 10.1 Å². The molecule has 6 nitrogen and oxygen atoms in total. The summed E-state index contributed by atoms with van der Waals surface area (Å²) in [5.41, 5.74) is 5.41. The predicted molar refractivity (Wildman–Crippen MR) is 71.1 cm³/mol. The van der Waals surface area contributed by atoms with E-state index in [1.165, 1.54) is 7.11 Å². The third kappa shape index (κ3) is 4.83. The van der Waals surface area contributed by atoms with Gasteiger partial charge < -0.3 is 15.8 Å². The van der Waals surface area contributed by atoms with Crippen LogP contribution in [-0.4, -0.2) is 49.2 Å². The van der Waals surface area contributed by atoms with Gasteiger partial charge in [-0.2, -0.15) is 0 Å². The number of nitrogens with one attached hydrogen (secondary N) is 2. The van der Waals surface area contributed by atoms with Crippen molar-refractivity contribution in [3.63, 3.8) is 0 Å². The first-order valence-electron chi connectivity index (χ1n) is 6.12. The van der Waals surface area contributed by atoms with Crippen molar-refractivity contribution in [3.05, 3.63) is 0 Å². The number of hydrogen-bond donors (Lipinski definition) is 3. The Kier molecular flexibility index (Phi) is 7.07. The standard InChI is InChI=1S/C11H21N3O3S/c1-17-11(16)8(4-2-3-5-12)14-9(15)10-13-6-7-18-10/h8,10,13H,2-7,12H2,1H3,(H,14,15). The fraction of sp³-hybridized carbons (Fsp3) is 0.818. The number of ether oxygens (including phenoxy) is 1. The molecule has 0 bridgehead atoms. The van der Waals surface area contributed by atoms with Gasteiger partial charge >= 0.3 is 5.97 Å². The van der Waals surface area contributed by atoms with Gasteiger partial charge in [-0.25, -0.2) is 4.79 Å². The van der Waals surface area contributed by atoms with Crippen LogP contribution in [0.25, 0.3) is 0 Å². The number of carbonyl (C=O) groups excluding carboxylic acids is 2. The molecule has 104 valence electrons. The molecule has 0 aromatic heterocycles. The van der Waals surface area contributed by atoms with Crippen LogP contribution >= 0.6 is 11.8 Å². The Balaban J connectivity index is 2.43. The summed E-state index contributed by atoms with van der Waals surface area (Å²) in [7, 11) is 1.33. The molecular formula is C11H21N3O3S. The molecule has 1 amide bonds. The molecule has 18 heavy (non-hydrogen) atoms. The molecule has 4 N–H and O–H groups in total. The SMILES string of the molecule is COC(=O)C(CCCCN)NC(=O)C1NCCS1. The third-order valence-electron chi connectivity index (χ3n) is 2.70. The highest BCUT2D eigenvalue weighted by Gasteiger charge is 2.27. The van der Waals surface area contributed by atoms with Gasteiger partial charge in [-0.15, -0.1) is 11.8 Å². The number of amides is 1. The lowest BCUT2D eigenvalue weighted by Crippen LogP contribution is -2.47. The molecule has 1 fully saturated rings. The fourth-order valence-corrected chi connectivity index (χ4v) is 2.65. The van der Waals surface area contributed by atoms with Gasteiger partial charge in [0.25, 0.3) is 0 Å². The Morgan fingerprint density at radius 1 is 1.56 bits per heavy atom. The van der Waals surface area contributed by atoms with Crippen LogP contribution in [0.5, 0.6) is 0 Å². The molecule has 1 aliphatic heterocycles. The molecule has 1 heterocycles. The van der Waals surface area contributed by atoms with Crippen LogP contribution in [0, 0.1) is 0 Å². The van der Waals surface area contributed by atoms with Crippen LogP contribution in [0.15, 0.2) is 0 Å². The molecule has 2 atom stereocenters. The molecular weight excluding hydrogens is 254 g/mol. The van der Waals surface area contributed by atoms with E-state index in [0.29, 0.717) is 13.0 Å². The summed E-state index contributed by atoms with van der Waals surface area (Å²) in [6.45, 7) is 1.40. The zero-order chi connectivity index (χ0) is 13.4. The van der Waals surface area contributed by atoms with Gasteiger partial charge in [0, 0.05) is 12.3 Å². The summed E-state index contributed by atoms with van der Waals surface area (Å²) in [6, 6.07) is -0.572. The Morgan fingerprint density at radius 3 is 2.89 bits per heavy atom. The Labute approximate surface area is 111 Å². The Morgan fingerprint density at radius 2 is 2.33 bits per heavy atom. The fourth-order valence-electron chi connectivity index (χ4n) is 1.73. The van der Waals surface area contributed by atoms with E-state index in [1.54, 1.807) is 11.8 Å². The number of thioether (sulfide) groups is 1. The molecule has 1 saturated heterocycles. The normalized spacial score (nSPS) is 20.4. The number of carbonyl (C=O) groups is 2. The molecule has 0 aromatic carbocycles. The molecule has 0 saturated carbocycles. The highest BCUT2D eigenvalue weighted by molar-refractivity contribution is 8.00. The highest BCUT2D eigenvalue weighted by atomic mass is 32.2. The Hall–Kier alpha value is -0.790. The second kappa shape index (κ2) is 8.34. The van der Waals surface area contributed by atoms with Crippen molar-refractivity contribution in [1.29, 1.82) is 0 Å². The molecule has 0 aromatic rings. The number of rotatable bonds is 7. The number of unbranched alkanes of at least 4 members (excludes halogenated alkanes) is 1. The van der Waals surface area contributed by atoms with Crippen molar-refractivity contribution in [1.82, 2.24) is 10.6 Å². The molecule has 0 radical (unpaired) electrons. The summed E-state index contributed by atoms with van der Waals surface area (Å²) in [5.74, 6) is 0.359. The maximum absolute atomic E-state index is 11.9. The molecule has 2 unspecified atom stereocenters. The van der Waals surface area contributed by atoms with E-state index in [9.17, 15) is 9.59 Å². The first-order valence-corrected chi connectivity index (χ1v) is 7.17. The van der Waals surface area contributed by atoms with Gasteiger partial charge in [-0.05, 0) is 25.8 Å². The van der Waals surface area contributed by atoms with Gasteiger partial charge in [0.1, 0.15) is 11.4 Å². The minimum Gasteiger partial charge on any atom is -0.467 e. The van der Waals surface area contributed by atoms with E-state index < -0.39 is 12.0 Å². The van der Waals surface area contributed by atoms with Crippen molar-refractivity contribution in [2.75, 3.05) is 26.0 Å². The van der Waals surface area contributed by atoms with Gasteiger partial charge in [0.05, 0.1) is 7.11 Å². The van der Waals surface area contributed by atoms with E-state index in [0.717, 1.165) is 25.1 Å². The lowest BCUT2D eigenvalue weighted by molar-refractivity contribution is -0.145. The molecule has 7 heteroatoms. The first-order chi connectivity index (χ1) is 8.69. The number of esters is 1. The first kappa shape index (κ1) is 15.3. The lowest BCUT2D eigenvalue weighted by atomic mass is 10.1. The number of nitrogens with two attached hydrogens (primary N) is 1. The maximum Gasteiger partial charge on any atom is 0.328 e. The van der Waals surface area contributed by atoms with Crippen LogP contribution in [-0.2, 0) is 14.3 Å². The van der Waals surface area contributed by atoms with Crippen LogP contribution in [0.1, 0.15) is 19.3 Å². The minimum atomic E-state index is -0.572. The smallest absolute Gasteiger partial charge is 0.328 e. The zero-order valence-corrected chi connectivity index (χ0v) is 11.4. The van der Waals surface area contributed by atoms with E-state index in [1.807, 2.05) is 0 Å². The topological polar surface area (TPSA) is 93.4 Å². The minimum absolute atomic E-state index is 0.152. The van der Waals surface area contributed by atoms with Crippen LogP contribution in [0.3, 0.4) is 0 Å². The number of hydrogen-bond acceptors (Lipinski definition) is 6. The maximum atomic E-state index is 11.9. The molecule has 0 aliphatic carbocycles. The van der Waals surface area contributed by atoms with E-state index in [2.05, 4.69) is 10.6 Å². The third-order valence-corrected chi connectivity index (χ3v) is 3.86. The summed E-state index contributed by atoms with van der Waals surface area (Å²) in [4.78, 5) is 23.4. The highest BCUT2D eigenvalue weighted by Crippen LogP contribution is 2.14. The van der Waals surface area contributed by atoms with E-state index >= 15 is 0 Å². The average Bonchev–Trinajstić information content (AvgIpc) is 2.90. The van der Waals surface area contributed by atoms with E-state index in [-0.39, 0.29) is 11.3 Å². The largest absolute Gasteiger partial charge is 0.467 e. The summed E-state index contributed by atoms with van der Waals surface area (Å²) < 4.78 is 4.69. The summed E-state index contributed by atoms with van der Waals surface area (Å²) in [5, 5.41) is 5.54. The summed E-state index contributed by atoms with van der Waals surface area (Å²) in [6.07, 6.45) is 2.19.